The number of rotatable bonds is 6. The third-order valence-electron chi connectivity index (χ3n) is 4.42. The highest BCUT2D eigenvalue weighted by molar-refractivity contribution is 5.94. The quantitative estimate of drug-likeness (QED) is 0.754. The zero-order valence-corrected chi connectivity index (χ0v) is 12.7. The monoisotopic (exact) mass is 290 g/mol. The summed E-state index contributed by atoms with van der Waals surface area (Å²) in [5.41, 5.74) is 0.821. The Balaban J connectivity index is 1.78. The van der Waals surface area contributed by atoms with E-state index in [9.17, 15) is 9.90 Å². The van der Waals surface area contributed by atoms with E-state index in [-0.39, 0.29) is 18.6 Å². The van der Waals surface area contributed by atoms with Gasteiger partial charge in [-0.05, 0) is 50.3 Å². The van der Waals surface area contributed by atoms with E-state index in [1.807, 2.05) is 37.3 Å². The van der Waals surface area contributed by atoms with Crippen molar-refractivity contribution in [3.8, 4) is 0 Å². The van der Waals surface area contributed by atoms with Gasteiger partial charge in [0, 0.05) is 12.3 Å². The van der Waals surface area contributed by atoms with Gasteiger partial charge in [0.2, 0.25) is 5.91 Å². The van der Waals surface area contributed by atoms with Crippen molar-refractivity contribution in [3.05, 3.63) is 30.3 Å². The zero-order valence-electron chi connectivity index (χ0n) is 12.7. The molecule has 4 nitrogen and oxygen atoms in total. The van der Waals surface area contributed by atoms with Crippen molar-refractivity contribution in [1.29, 1.82) is 0 Å². The Kier molecular flexibility index (Phi) is 6.21. The number of para-hydroxylation sites is 1. The number of aliphatic hydroxyl groups excluding tert-OH is 1. The molecule has 0 radical (unpaired) electrons. The highest BCUT2D eigenvalue weighted by atomic mass is 16.3. The summed E-state index contributed by atoms with van der Waals surface area (Å²) in [6.07, 6.45) is 4.69. The standard InChI is InChI=1S/C17H26N2O2/c1-13(17(21)19-16-9-3-2-4-10-16)18-11-14-7-5-6-8-15(14)12-20/h2-4,9-10,13-15,18,20H,5-8,11-12H2,1H3,(H,19,21). The van der Waals surface area contributed by atoms with Crippen LogP contribution in [0.25, 0.3) is 0 Å². The van der Waals surface area contributed by atoms with Crippen molar-refractivity contribution >= 4 is 11.6 Å². The average molecular weight is 290 g/mol. The van der Waals surface area contributed by atoms with Gasteiger partial charge in [-0.15, -0.1) is 0 Å². The van der Waals surface area contributed by atoms with Crippen molar-refractivity contribution in [2.75, 3.05) is 18.5 Å². The summed E-state index contributed by atoms with van der Waals surface area (Å²) in [6, 6.07) is 9.27. The second-order valence-corrected chi connectivity index (χ2v) is 5.97. The molecule has 1 amide bonds. The van der Waals surface area contributed by atoms with Crippen LogP contribution in [0.2, 0.25) is 0 Å². The normalized spacial score (nSPS) is 23.5. The van der Waals surface area contributed by atoms with E-state index in [0.29, 0.717) is 11.8 Å². The minimum atomic E-state index is -0.230. The van der Waals surface area contributed by atoms with E-state index < -0.39 is 0 Å². The molecule has 3 N–H and O–H groups in total. The first-order valence-corrected chi connectivity index (χ1v) is 7.91. The second kappa shape index (κ2) is 8.15. The Labute approximate surface area is 126 Å². The molecular formula is C17H26N2O2. The Morgan fingerprint density at radius 2 is 1.90 bits per heavy atom. The summed E-state index contributed by atoms with van der Waals surface area (Å²) in [7, 11) is 0. The van der Waals surface area contributed by atoms with Crippen LogP contribution < -0.4 is 10.6 Å². The smallest absolute Gasteiger partial charge is 0.241 e. The summed E-state index contributed by atoms with van der Waals surface area (Å²) in [5.74, 6) is 0.851. The molecule has 1 aliphatic rings. The number of benzene rings is 1. The van der Waals surface area contributed by atoms with Gasteiger partial charge in [0.1, 0.15) is 0 Å². The maximum atomic E-state index is 12.1. The second-order valence-electron chi connectivity index (χ2n) is 5.97. The number of carbonyl (C=O) groups is 1. The molecule has 1 saturated carbocycles. The molecule has 3 atom stereocenters. The number of amides is 1. The Bertz CT molecular complexity index is 436. The predicted octanol–water partition coefficient (Wildman–Crippen LogP) is 2.40. The molecule has 116 valence electrons. The first-order valence-electron chi connectivity index (χ1n) is 7.91. The first-order chi connectivity index (χ1) is 10.2. The number of carbonyl (C=O) groups excluding carboxylic acids is 1. The fourth-order valence-corrected chi connectivity index (χ4v) is 2.99. The maximum Gasteiger partial charge on any atom is 0.241 e. The Hall–Kier alpha value is -1.39. The minimum Gasteiger partial charge on any atom is -0.396 e. The molecule has 2 rings (SSSR count). The topological polar surface area (TPSA) is 61.4 Å². The predicted molar refractivity (Wildman–Crippen MR) is 85.1 cm³/mol. The Morgan fingerprint density at radius 1 is 1.24 bits per heavy atom. The first kappa shape index (κ1) is 16.0. The average Bonchev–Trinajstić information content (AvgIpc) is 2.53. The van der Waals surface area contributed by atoms with Crippen LogP contribution in [0.1, 0.15) is 32.6 Å². The van der Waals surface area contributed by atoms with Gasteiger partial charge in [-0.2, -0.15) is 0 Å². The van der Waals surface area contributed by atoms with Gasteiger partial charge in [-0.1, -0.05) is 31.0 Å². The van der Waals surface area contributed by atoms with E-state index >= 15 is 0 Å². The summed E-state index contributed by atoms with van der Waals surface area (Å²) in [4.78, 5) is 12.1. The van der Waals surface area contributed by atoms with E-state index in [0.717, 1.165) is 25.1 Å². The lowest BCUT2D eigenvalue weighted by molar-refractivity contribution is -0.117. The van der Waals surface area contributed by atoms with E-state index in [4.69, 9.17) is 0 Å². The summed E-state index contributed by atoms with van der Waals surface area (Å²) >= 11 is 0. The summed E-state index contributed by atoms with van der Waals surface area (Å²) in [6.45, 7) is 2.95. The minimum absolute atomic E-state index is 0.0162. The van der Waals surface area contributed by atoms with Gasteiger partial charge >= 0.3 is 0 Å². The zero-order chi connectivity index (χ0) is 15.1. The fraction of sp³-hybridized carbons (Fsp3) is 0.588. The van der Waals surface area contributed by atoms with Gasteiger partial charge in [-0.3, -0.25) is 4.79 Å². The molecule has 0 bridgehead atoms. The summed E-state index contributed by atoms with van der Waals surface area (Å²) < 4.78 is 0. The fourth-order valence-electron chi connectivity index (χ4n) is 2.99. The van der Waals surface area contributed by atoms with Crippen LogP contribution >= 0.6 is 0 Å². The van der Waals surface area contributed by atoms with E-state index in [1.54, 1.807) is 0 Å². The molecule has 0 aliphatic heterocycles. The van der Waals surface area contributed by atoms with Crippen LogP contribution in [0.4, 0.5) is 5.69 Å². The molecule has 1 aromatic carbocycles. The molecular weight excluding hydrogens is 264 g/mol. The third kappa shape index (κ3) is 4.83. The Morgan fingerprint density at radius 3 is 2.57 bits per heavy atom. The van der Waals surface area contributed by atoms with Crippen molar-refractivity contribution in [1.82, 2.24) is 5.32 Å². The number of nitrogens with one attached hydrogen (secondary N) is 2. The number of anilines is 1. The molecule has 1 aromatic rings. The molecule has 1 fully saturated rings. The van der Waals surface area contributed by atoms with Crippen LogP contribution in [0.3, 0.4) is 0 Å². The number of aliphatic hydroxyl groups is 1. The van der Waals surface area contributed by atoms with Gasteiger partial charge in [0.25, 0.3) is 0 Å². The van der Waals surface area contributed by atoms with Crippen molar-refractivity contribution in [2.24, 2.45) is 11.8 Å². The molecule has 1 aliphatic carbocycles. The summed E-state index contributed by atoms with van der Waals surface area (Å²) in [5, 5.41) is 15.6. The molecule has 4 heteroatoms. The van der Waals surface area contributed by atoms with Crippen LogP contribution in [0.5, 0.6) is 0 Å². The van der Waals surface area contributed by atoms with Crippen LogP contribution in [0, 0.1) is 11.8 Å². The molecule has 3 unspecified atom stereocenters. The van der Waals surface area contributed by atoms with Crippen molar-refractivity contribution in [2.45, 2.75) is 38.6 Å². The van der Waals surface area contributed by atoms with Gasteiger partial charge in [-0.25, -0.2) is 0 Å². The largest absolute Gasteiger partial charge is 0.396 e. The van der Waals surface area contributed by atoms with Crippen molar-refractivity contribution in [3.63, 3.8) is 0 Å². The van der Waals surface area contributed by atoms with Gasteiger partial charge < -0.3 is 15.7 Å². The maximum absolute atomic E-state index is 12.1. The SMILES string of the molecule is CC(NCC1CCCCC1CO)C(=O)Nc1ccccc1. The van der Waals surface area contributed by atoms with E-state index in [1.165, 1.54) is 12.8 Å². The highest BCUT2D eigenvalue weighted by Gasteiger charge is 2.25. The number of hydrogen-bond donors (Lipinski definition) is 3. The van der Waals surface area contributed by atoms with Crippen LogP contribution in [-0.2, 0) is 4.79 Å². The third-order valence-corrected chi connectivity index (χ3v) is 4.42. The molecule has 0 saturated heterocycles. The van der Waals surface area contributed by atoms with Crippen LogP contribution in [0.15, 0.2) is 30.3 Å². The molecule has 0 heterocycles. The lowest BCUT2D eigenvalue weighted by Crippen LogP contribution is -2.42. The van der Waals surface area contributed by atoms with Gasteiger partial charge in [0.15, 0.2) is 0 Å². The molecule has 21 heavy (non-hydrogen) atoms. The lowest BCUT2D eigenvalue weighted by atomic mass is 9.79. The van der Waals surface area contributed by atoms with Crippen molar-refractivity contribution < 1.29 is 9.90 Å². The van der Waals surface area contributed by atoms with E-state index in [2.05, 4.69) is 10.6 Å². The van der Waals surface area contributed by atoms with Gasteiger partial charge in [0.05, 0.1) is 6.04 Å². The molecule has 0 spiro atoms. The lowest BCUT2D eigenvalue weighted by Gasteiger charge is -2.31. The molecule has 0 aromatic heterocycles. The van der Waals surface area contributed by atoms with Crippen LogP contribution in [-0.4, -0.2) is 30.2 Å². The number of hydrogen-bond acceptors (Lipinski definition) is 3. The highest BCUT2D eigenvalue weighted by Crippen LogP contribution is 2.29.